The van der Waals surface area contributed by atoms with Gasteiger partial charge in [-0.15, -0.1) is 34.0 Å². The summed E-state index contributed by atoms with van der Waals surface area (Å²) in [5.74, 6) is -5.86. The number of ether oxygens (including phenoxy) is 4. The number of thioether (sulfide) groups is 2. The lowest BCUT2D eigenvalue weighted by Crippen LogP contribution is -2.45. The van der Waals surface area contributed by atoms with E-state index in [1.165, 1.54) is 15.9 Å². The molecular formula is C62H40N8O10S5. The minimum Gasteiger partial charge on any atom is -0.459 e. The summed E-state index contributed by atoms with van der Waals surface area (Å²) in [7, 11) is 0. The first-order valence-electron chi connectivity index (χ1n) is 25.9. The maximum atomic E-state index is 16.3. The van der Waals surface area contributed by atoms with Gasteiger partial charge in [0.2, 0.25) is 10.8 Å². The molecule has 0 saturated carbocycles. The second-order valence-electron chi connectivity index (χ2n) is 18.9. The molecule has 7 aromatic rings. The molecule has 0 spiro atoms. The number of thiophene rings is 3. The van der Waals surface area contributed by atoms with Crippen molar-refractivity contribution >= 4 is 134 Å². The van der Waals surface area contributed by atoms with Crippen molar-refractivity contribution in [3.05, 3.63) is 198 Å². The number of nitrogens with zero attached hydrogens (tertiary/aromatic N) is 8. The van der Waals surface area contributed by atoms with Crippen LogP contribution in [0.25, 0.3) is 20.5 Å². The number of rotatable bonds is 16. The fourth-order valence-corrected chi connectivity index (χ4v) is 16.3. The van der Waals surface area contributed by atoms with Gasteiger partial charge in [-0.1, -0.05) is 121 Å². The highest BCUT2D eigenvalue weighted by molar-refractivity contribution is 8.20. The molecule has 3 aromatic heterocycles. The molecular weight excluding hydrogens is 1180 g/mol. The van der Waals surface area contributed by atoms with Crippen molar-refractivity contribution in [2.24, 2.45) is 9.98 Å². The average molecular weight is 1220 g/mol. The topological polar surface area (TPSA) is 266 Å². The van der Waals surface area contributed by atoms with Crippen LogP contribution in [0.15, 0.2) is 165 Å². The van der Waals surface area contributed by atoms with Crippen molar-refractivity contribution in [3.63, 3.8) is 0 Å². The van der Waals surface area contributed by atoms with Gasteiger partial charge in [-0.25, -0.2) is 9.98 Å². The Balaban J connectivity index is 1.20. The van der Waals surface area contributed by atoms with Gasteiger partial charge in [0.05, 0.1) is 4.70 Å². The van der Waals surface area contributed by atoms with Crippen molar-refractivity contribution in [2.75, 3.05) is 13.1 Å². The maximum Gasteiger partial charge on any atom is 0.333 e. The Labute approximate surface area is 505 Å². The number of esters is 4. The molecule has 85 heavy (non-hydrogen) atoms. The fourth-order valence-electron chi connectivity index (χ4n) is 10.2. The Morgan fingerprint density at radius 3 is 1.24 bits per heavy atom. The summed E-state index contributed by atoms with van der Waals surface area (Å²) in [4.78, 5) is 105. The third-order valence-electron chi connectivity index (χ3n) is 14.0. The zero-order chi connectivity index (χ0) is 59.6. The van der Waals surface area contributed by atoms with Crippen LogP contribution in [-0.4, -0.2) is 68.7 Å². The number of amides is 2. The quantitative estimate of drug-likeness (QED) is 0.0377. The van der Waals surface area contributed by atoms with Gasteiger partial charge in [0.25, 0.3) is 11.8 Å². The molecule has 0 radical (unpaired) electrons. The molecule has 2 aliphatic heterocycles. The third-order valence-corrected chi connectivity index (χ3v) is 19.6. The number of carbonyl (C=O) groups excluding carboxylic acids is 6. The van der Waals surface area contributed by atoms with Crippen molar-refractivity contribution in [3.8, 4) is 24.3 Å². The minimum atomic E-state index is -2.71. The van der Waals surface area contributed by atoms with Crippen molar-refractivity contribution in [1.29, 1.82) is 21.0 Å². The SMILES string of the molecule is CCN1C(=O)C(=Nc2cc3c(s2)C2=C(c4sc5cc(N=C6SC(=C(C#N)C#N)N(CC)C6=O)sc5c4C2(C(=O)OCc2ccccc2)C(=O)OCc2ccccc2)C3(C(=O)OCc2ccccc2)C(=O)OCc2ccccc2)SC1=C(C#N)C#N. The van der Waals surface area contributed by atoms with Crippen LogP contribution in [0.5, 0.6) is 0 Å². The van der Waals surface area contributed by atoms with E-state index in [-0.39, 0.29) is 118 Å². The summed E-state index contributed by atoms with van der Waals surface area (Å²) in [6.45, 7) is 2.08. The highest BCUT2D eigenvalue weighted by atomic mass is 32.2. The Bertz CT molecular complexity index is 4170. The summed E-state index contributed by atoms with van der Waals surface area (Å²) in [5, 5.41) is 39.5. The molecule has 0 N–H and O–H groups in total. The molecule has 2 aliphatic carbocycles. The number of hydrogen-bond acceptors (Lipinski definition) is 21. The Hall–Kier alpha value is -9.72. The lowest BCUT2D eigenvalue weighted by molar-refractivity contribution is -0.165. The van der Waals surface area contributed by atoms with Gasteiger partial charge in [0, 0.05) is 49.8 Å². The van der Waals surface area contributed by atoms with E-state index in [1.807, 2.05) is 24.3 Å². The maximum absolute atomic E-state index is 16.3. The molecule has 418 valence electrons. The Morgan fingerprint density at radius 2 is 0.859 bits per heavy atom. The number of fused-ring (bicyclic) bond motifs is 6. The highest BCUT2D eigenvalue weighted by Gasteiger charge is 2.72. The van der Waals surface area contributed by atoms with E-state index in [0.29, 0.717) is 27.0 Å². The van der Waals surface area contributed by atoms with E-state index < -0.39 is 46.5 Å². The van der Waals surface area contributed by atoms with E-state index in [1.54, 1.807) is 141 Å². The molecule has 5 heterocycles. The molecule has 2 fully saturated rings. The monoisotopic (exact) mass is 1220 g/mol. The Kier molecular flexibility index (Phi) is 16.0. The van der Waals surface area contributed by atoms with Gasteiger partial charge in [-0.05, 0) is 71.8 Å². The van der Waals surface area contributed by atoms with E-state index in [9.17, 15) is 30.6 Å². The van der Waals surface area contributed by atoms with Crippen LogP contribution in [-0.2, 0) is 85.0 Å². The number of carbonyl (C=O) groups is 6. The van der Waals surface area contributed by atoms with Gasteiger partial charge < -0.3 is 18.9 Å². The van der Waals surface area contributed by atoms with Gasteiger partial charge in [0.1, 0.15) is 70.8 Å². The predicted molar refractivity (Wildman–Crippen MR) is 320 cm³/mol. The number of hydrogen-bond donors (Lipinski definition) is 0. The molecule has 4 aromatic carbocycles. The van der Waals surface area contributed by atoms with Crippen LogP contribution in [0.2, 0.25) is 0 Å². The minimum absolute atomic E-state index is 0.000620. The zero-order valence-electron chi connectivity index (χ0n) is 44.6. The molecule has 4 aliphatic rings. The van der Waals surface area contributed by atoms with E-state index >= 15 is 19.2 Å². The van der Waals surface area contributed by atoms with Crippen LogP contribution in [0, 0.1) is 45.3 Å². The van der Waals surface area contributed by atoms with Crippen LogP contribution in [0.1, 0.15) is 57.0 Å². The Morgan fingerprint density at radius 1 is 0.494 bits per heavy atom. The van der Waals surface area contributed by atoms with Crippen molar-refractivity contribution < 1.29 is 47.7 Å². The van der Waals surface area contributed by atoms with Crippen LogP contribution >= 0.6 is 57.5 Å². The summed E-state index contributed by atoms with van der Waals surface area (Å²) < 4.78 is 25.9. The van der Waals surface area contributed by atoms with Gasteiger partial charge >= 0.3 is 23.9 Å². The van der Waals surface area contributed by atoms with Crippen molar-refractivity contribution in [2.45, 2.75) is 51.1 Å². The summed E-state index contributed by atoms with van der Waals surface area (Å²) in [6.07, 6.45) is 0. The van der Waals surface area contributed by atoms with Gasteiger partial charge in [-0.3, -0.25) is 38.6 Å². The molecule has 0 atom stereocenters. The number of benzene rings is 4. The summed E-state index contributed by atoms with van der Waals surface area (Å²) >= 11 is 4.48. The van der Waals surface area contributed by atoms with E-state index in [0.717, 1.165) is 57.5 Å². The smallest absolute Gasteiger partial charge is 0.333 e. The predicted octanol–water partition coefficient (Wildman–Crippen LogP) is 11.2. The number of allylic oxidation sites excluding steroid dienone is 2. The fraction of sp³-hybridized carbons (Fsp3) is 0.161. The summed E-state index contributed by atoms with van der Waals surface area (Å²) in [5.41, 5.74) is -4.29. The third kappa shape index (κ3) is 9.87. The lowest BCUT2D eigenvalue weighted by Gasteiger charge is -2.29. The molecule has 18 nitrogen and oxygen atoms in total. The molecule has 0 unspecified atom stereocenters. The first-order chi connectivity index (χ1) is 41.3. The molecule has 2 amide bonds. The summed E-state index contributed by atoms with van der Waals surface area (Å²) in [6, 6.07) is 45.2. The largest absolute Gasteiger partial charge is 0.459 e. The lowest BCUT2D eigenvalue weighted by atomic mass is 9.76. The second kappa shape index (κ2) is 23.9. The second-order valence-corrected chi connectivity index (χ2v) is 23.9. The van der Waals surface area contributed by atoms with E-state index in [2.05, 4.69) is 0 Å². The van der Waals surface area contributed by atoms with Crippen LogP contribution in [0.3, 0.4) is 0 Å². The first-order valence-corrected chi connectivity index (χ1v) is 30.0. The number of aliphatic imine (C=N–C) groups is 2. The zero-order valence-corrected chi connectivity index (χ0v) is 48.7. The van der Waals surface area contributed by atoms with Crippen molar-refractivity contribution in [1.82, 2.24) is 9.80 Å². The van der Waals surface area contributed by atoms with Crippen LogP contribution in [0.4, 0.5) is 10.0 Å². The van der Waals surface area contributed by atoms with Gasteiger partial charge in [-0.2, -0.15) is 21.0 Å². The normalized spacial score (nSPS) is 16.1. The average Bonchev–Trinajstić information content (AvgIpc) is 1.49. The molecule has 23 heteroatoms. The van der Waals surface area contributed by atoms with E-state index in [4.69, 9.17) is 28.9 Å². The first kappa shape index (κ1) is 57.1. The molecule has 11 rings (SSSR count). The van der Waals surface area contributed by atoms with Gasteiger partial charge in [0.15, 0.2) is 21.2 Å². The van der Waals surface area contributed by atoms with Crippen LogP contribution < -0.4 is 0 Å². The highest BCUT2D eigenvalue weighted by Crippen LogP contribution is 2.70. The molecule has 2 saturated heterocycles. The standard InChI is InChI=1S/C62H40N8O10S5/c1-3-69-53(71)51(84-55(69)39(27-63)28-64)67-43-25-41-48(82-43)45-46(61(41,57(73)77-31-35-17-9-5-10-18-35)58(74)78-32-36-19-11-6-12-20-36)50-47(49-42(81-50)26-44(83-49)68-52-54(72)70(4-2)56(85-52)40(29-65)30-66)62(45,59(75)79-33-37-21-13-7-14-22-37)60(76)80-34-38-23-15-8-16-24-38/h5-26H,3-4,31-34H2,1-2H3. The molecule has 0 bridgehead atoms. The number of nitriles is 4.